The summed E-state index contributed by atoms with van der Waals surface area (Å²) in [7, 11) is 0. The van der Waals surface area contributed by atoms with Gasteiger partial charge in [0, 0.05) is 12.6 Å². The lowest BCUT2D eigenvalue weighted by molar-refractivity contribution is 0.120. The number of para-hydroxylation sites is 1. The van der Waals surface area contributed by atoms with Gasteiger partial charge in [-0.3, -0.25) is 9.36 Å². The fourth-order valence-electron chi connectivity index (χ4n) is 3.14. The van der Waals surface area contributed by atoms with Gasteiger partial charge in [-0.2, -0.15) is 0 Å². The molecule has 0 saturated carbocycles. The molecule has 5 nitrogen and oxygen atoms in total. The minimum Gasteiger partial charge on any atom is -0.392 e. The second-order valence-corrected chi connectivity index (χ2v) is 6.03. The molecule has 1 aromatic carbocycles. The largest absolute Gasteiger partial charge is 0.392 e. The summed E-state index contributed by atoms with van der Waals surface area (Å²) in [5.74, 6) is 0. The summed E-state index contributed by atoms with van der Waals surface area (Å²) in [5, 5.41) is 14.2. The Hall–Kier alpha value is -1.72. The van der Waals surface area contributed by atoms with Crippen molar-refractivity contribution in [3.63, 3.8) is 0 Å². The topological polar surface area (TPSA) is 67.2 Å². The first-order valence-corrected chi connectivity index (χ1v) is 8.11. The van der Waals surface area contributed by atoms with Crippen molar-refractivity contribution in [3.05, 3.63) is 40.9 Å². The predicted molar refractivity (Wildman–Crippen MR) is 86.9 cm³/mol. The quantitative estimate of drug-likeness (QED) is 0.901. The van der Waals surface area contributed by atoms with Gasteiger partial charge in [0.25, 0.3) is 5.56 Å². The highest BCUT2D eigenvalue weighted by atomic mass is 16.3. The SMILES string of the molecule is O=c1c2ccccc2ncn1CCCC1NCCCC[C@@H]1O. The average Bonchev–Trinajstić information content (AvgIpc) is 2.75. The number of aliphatic hydroxyl groups excluding tert-OH is 1. The molecule has 0 amide bonds. The summed E-state index contributed by atoms with van der Waals surface area (Å²) in [5.41, 5.74) is 0.754. The fraction of sp³-hybridized carbons (Fsp3) is 0.529. The lowest BCUT2D eigenvalue weighted by Crippen LogP contribution is -2.38. The molecule has 1 aromatic heterocycles. The predicted octanol–water partition coefficient (Wildman–Crippen LogP) is 1.68. The first-order valence-electron chi connectivity index (χ1n) is 8.11. The van der Waals surface area contributed by atoms with Crippen LogP contribution in [0.2, 0.25) is 0 Å². The number of aromatic nitrogens is 2. The Labute approximate surface area is 130 Å². The van der Waals surface area contributed by atoms with Crippen LogP contribution in [0.5, 0.6) is 0 Å². The van der Waals surface area contributed by atoms with Crippen LogP contribution in [0.3, 0.4) is 0 Å². The monoisotopic (exact) mass is 301 g/mol. The number of benzene rings is 1. The summed E-state index contributed by atoms with van der Waals surface area (Å²) in [4.78, 5) is 16.7. The summed E-state index contributed by atoms with van der Waals surface area (Å²) in [6.07, 6.45) is 6.17. The van der Waals surface area contributed by atoms with Crippen LogP contribution in [0.25, 0.3) is 10.9 Å². The van der Waals surface area contributed by atoms with Crippen LogP contribution in [0.15, 0.2) is 35.4 Å². The second kappa shape index (κ2) is 7.03. The number of rotatable bonds is 4. The summed E-state index contributed by atoms with van der Waals surface area (Å²) in [6, 6.07) is 7.57. The lowest BCUT2D eigenvalue weighted by Gasteiger charge is -2.21. The highest BCUT2D eigenvalue weighted by Crippen LogP contribution is 2.14. The smallest absolute Gasteiger partial charge is 0.261 e. The fourth-order valence-corrected chi connectivity index (χ4v) is 3.14. The number of nitrogens with zero attached hydrogens (tertiary/aromatic N) is 2. The molecule has 0 radical (unpaired) electrons. The molecule has 0 aliphatic carbocycles. The second-order valence-electron chi connectivity index (χ2n) is 6.03. The van der Waals surface area contributed by atoms with E-state index in [1.807, 2.05) is 24.3 Å². The maximum Gasteiger partial charge on any atom is 0.261 e. The molecule has 0 bridgehead atoms. The first kappa shape index (κ1) is 15.2. The summed E-state index contributed by atoms with van der Waals surface area (Å²) < 4.78 is 1.67. The summed E-state index contributed by atoms with van der Waals surface area (Å²) in [6.45, 7) is 1.61. The van der Waals surface area contributed by atoms with E-state index in [9.17, 15) is 9.90 Å². The Balaban J connectivity index is 1.64. The van der Waals surface area contributed by atoms with Crippen molar-refractivity contribution < 1.29 is 5.11 Å². The third-order valence-electron chi connectivity index (χ3n) is 4.44. The molecule has 2 N–H and O–H groups in total. The number of fused-ring (bicyclic) bond motifs is 1. The van der Waals surface area contributed by atoms with Crippen molar-refractivity contribution in [3.8, 4) is 0 Å². The summed E-state index contributed by atoms with van der Waals surface area (Å²) >= 11 is 0. The number of aryl methyl sites for hydroxylation is 1. The molecule has 0 spiro atoms. The zero-order chi connectivity index (χ0) is 15.4. The van der Waals surface area contributed by atoms with Crippen molar-refractivity contribution in [2.45, 2.75) is 50.8 Å². The number of hydrogen-bond donors (Lipinski definition) is 2. The number of hydrogen-bond acceptors (Lipinski definition) is 4. The van der Waals surface area contributed by atoms with Crippen LogP contribution in [0, 0.1) is 0 Å². The van der Waals surface area contributed by atoms with E-state index < -0.39 is 0 Å². The Morgan fingerprint density at radius 1 is 1.32 bits per heavy atom. The van der Waals surface area contributed by atoms with E-state index in [1.165, 1.54) is 0 Å². The van der Waals surface area contributed by atoms with E-state index >= 15 is 0 Å². The molecule has 1 fully saturated rings. The van der Waals surface area contributed by atoms with Crippen LogP contribution in [0.1, 0.15) is 32.1 Å². The van der Waals surface area contributed by atoms with Gasteiger partial charge >= 0.3 is 0 Å². The molecule has 5 heteroatoms. The molecule has 1 aliphatic rings. The van der Waals surface area contributed by atoms with Gasteiger partial charge in [0.2, 0.25) is 0 Å². The van der Waals surface area contributed by atoms with Crippen molar-refractivity contribution >= 4 is 10.9 Å². The molecule has 22 heavy (non-hydrogen) atoms. The maximum absolute atomic E-state index is 12.4. The molecule has 2 heterocycles. The minimum absolute atomic E-state index is 0.0139. The zero-order valence-electron chi connectivity index (χ0n) is 12.7. The number of nitrogens with one attached hydrogen (secondary N) is 1. The molecule has 1 aliphatic heterocycles. The Morgan fingerprint density at radius 2 is 2.18 bits per heavy atom. The van der Waals surface area contributed by atoms with E-state index in [-0.39, 0.29) is 17.7 Å². The molecule has 2 atom stereocenters. The van der Waals surface area contributed by atoms with E-state index in [0.29, 0.717) is 11.9 Å². The first-order chi connectivity index (χ1) is 10.8. The van der Waals surface area contributed by atoms with Gasteiger partial charge in [-0.15, -0.1) is 0 Å². The van der Waals surface area contributed by atoms with Crippen molar-refractivity contribution in [1.82, 2.24) is 14.9 Å². The van der Waals surface area contributed by atoms with Crippen molar-refractivity contribution in [1.29, 1.82) is 0 Å². The Bertz CT molecular complexity index is 683. The van der Waals surface area contributed by atoms with Gasteiger partial charge in [-0.05, 0) is 50.8 Å². The van der Waals surface area contributed by atoms with E-state index in [1.54, 1.807) is 10.9 Å². The molecular formula is C17H23N3O2. The van der Waals surface area contributed by atoms with E-state index in [4.69, 9.17) is 0 Å². The van der Waals surface area contributed by atoms with Gasteiger partial charge < -0.3 is 10.4 Å². The lowest BCUT2D eigenvalue weighted by atomic mass is 10.0. The molecule has 1 saturated heterocycles. The third kappa shape index (κ3) is 3.36. The van der Waals surface area contributed by atoms with Crippen LogP contribution in [-0.2, 0) is 6.54 Å². The normalized spacial score (nSPS) is 22.6. The Morgan fingerprint density at radius 3 is 3.09 bits per heavy atom. The third-order valence-corrected chi connectivity index (χ3v) is 4.44. The molecule has 2 aromatic rings. The van der Waals surface area contributed by atoms with Crippen molar-refractivity contribution in [2.75, 3.05) is 6.54 Å². The molecule has 1 unspecified atom stereocenters. The molecule has 3 rings (SSSR count). The van der Waals surface area contributed by atoms with Gasteiger partial charge in [0.1, 0.15) is 0 Å². The highest BCUT2D eigenvalue weighted by Gasteiger charge is 2.20. The average molecular weight is 301 g/mol. The molecule has 118 valence electrons. The van der Waals surface area contributed by atoms with Gasteiger partial charge in [-0.25, -0.2) is 4.98 Å². The number of aliphatic hydroxyl groups is 1. The van der Waals surface area contributed by atoms with Gasteiger partial charge in [-0.1, -0.05) is 12.1 Å². The van der Waals surface area contributed by atoms with Crippen LogP contribution >= 0.6 is 0 Å². The van der Waals surface area contributed by atoms with Gasteiger partial charge in [0.15, 0.2) is 0 Å². The van der Waals surface area contributed by atoms with E-state index in [0.717, 1.165) is 44.2 Å². The maximum atomic E-state index is 12.4. The van der Waals surface area contributed by atoms with Gasteiger partial charge in [0.05, 0.1) is 23.3 Å². The Kier molecular flexibility index (Phi) is 4.85. The van der Waals surface area contributed by atoms with Crippen LogP contribution < -0.4 is 10.9 Å². The minimum atomic E-state index is -0.269. The molecular weight excluding hydrogens is 278 g/mol. The van der Waals surface area contributed by atoms with Crippen LogP contribution in [0.4, 0.5) is 0 Å². The van der Waals surface area contributed by atoms with E-state index in [2.05, 4.69) is 10.3 Å². The highest BCUT2D eigenvalue weighted by molar-refractivity contribution is 5.76. The zero-order valence-corrected chi connectivity index (χ0v) is 12.7. The van der Waals surface area contributed by atoms with Crippen LogP contribution in [-0.4, -0.2) is 33.3 Å². The standard InChI is InChI=1S/C17H23N3O2/c21-16-9-3-4-10-18-15(16)8-5-11-20-12-19-14-7-2-1-6-13(14)17(20)22/h1-2,6-7,12,15-16,18,21H,3-5,8-11H2/t15?,16-/m0/s1. The van der Waals surface area contributed by atoms with Crippen molar-refractivity contribution in [2.24, 2.45) is 0 Å².